The maximum absolute atomic E-state index is 12.3. The summed E-state index contributed by atoms with van der Waals surface area (Å²) in [5, 5.41) is 0. The van der Waals surface area contributed by atoms with Crippen LogP contribution < -0.4 is 9.62 Å². The number of nitrogens with zero attached hydrogens (tertiary/aromatic N) is 1. The highest BCUT2D eigenvalue weighted by molar-refractivity contribution is 7.92. The van der Waals surface area contributed by atoms with Gasteiger partial charge >= 0.3 is 0 Å². The van der Waals surface area contributed by atoms with Crippen LogP contribution >= 0.6 is 0 Å². The monoisotopic (exact) mass is 338 g/mol. The molecule has 128 valence electrons. The van der Waals surface area contributed by atoms with Gasteiger partial charge in [0.25, 0.3) is 0 Å². The highest BCUT2D eigenvalue weighted by atomic mass is 32.2. The molecular formula is C17H26N2O3S. The number of sulfonamides is 1. The SMILES string of the molecule is CC(C)CS(=O)(=O)Nc1ccc2c(c1)CCCN2C(=O)C(C)C. The van der Waals surface area contributed by atoms with Crippen LogP contribution in [0, 0.1) is 11.8 Å². The van der Waals surface area contributed by atoms with E-state index in [0.717, 1.165) is 30.6 Å². The zero-order chi connectivity index (χ0) is 17.2. The van der Waals surface area contributed by atoms with Crippen LogP contribution in [0.25, 0.3) is 0 Å². The van der Waals surface area contributed by atoms with E-state index in [1.54, 1.807) is 6.07 Å². The Kier molecular flexibility index (Phi) is 5.34. The first kappa shape index (κ1) is 17.8. The highest BCUT2D eigenvalue weighted by Gasteiger charge is 2.24. The lowest BCUT2D eigenvalue weighted by atomic mass is 9.99. The fraction of sp³-hybridized carbons (Fsp3) is 0.588. The smallest absolute Gasteiger partial charge is 0.232 e. The zero-order valence-corrected chi connectivity index (χ0v) is 15.1. The Morgan fingerprint density at radius 3 is 2.57 bits per heavy atom. The summed E-state index contributed by atoms with van der Waals surface area (Å²) in [6.07, 6.45) is 1.75. The Hall–Kier alpha value is -1.56. The molecule has 1 heterocycles. The van der Waals surface area contributed by atoms with Crippen LogP contribution in [0.15, 0.2) is 18.2 Å². The molecule has 2 rings (SSSR count). The van der Waals surface area contributed by atoms with Gasteiger partial charge < -0.3 is 4.90 Å². The molecule has 0 spiro atoms. The second-order valence-corrected chi connectivity index (χ2v) is 8.64. The van der Waals surface area contributed by atoms with Gasteiger partial charge in [0, 0.05) is 23.8 Å². The number of amides is 1. The Labute approximate surface area is 139 Å². The number of fused-ring (bicyclic) bond motifs is 1. The summed E-state index contributed by atoms with van der Waals surface area (Å²) in [5.74, 6) is 0.232. The van der Waals surface area contributed by atoms with Crippen molar-refractivity contribution in [2.75, 3.05) is 21.9 Å². The van der Waals surface area contributed by atoms with Crippen molar-refractivity contribution in [2.45, 2.75) is 40.5 Å². The first-order chi connectivity index (χ1) is 10.7. The zero-order valence-electron chi connectivity index (χ0n) is 14.3. The molecule has 1 aromatic rings. The van der Waals surface area contributed by atoms with Crippen LogP contribution in [0.5, 0.6) is 0 Å². The number of benzene rings is 1. The highest BCUT2D eigenvalue weighted by Crippen LogP contribution is 2.31. The van der Waals surface area contributed by atoms with Gasteiger partial charge in [-0.25, -0.2) is 8.42 Å². The number of aryl methyl sites for hydroxylation is 1. The predicted octanol–water partition coefficient (Wildman–Crippen LogP) is 3.02. The van der Waals surface area contributed by atoms with Crippen molar-refractivity contribution in [1.82, 2.24) is 0 Å². The molecule has 0 bridgehead atoms. The van der Waals surface area contributed by atoms with Gasteiger partial charge in [0.2, 0.25) is 15.9 Å². The largest absolute Gasteiger partial charge is 0.312 e. The average molecular weight is 338 g/mol. The molecule has 5 nitrogen and oxygen atoms in total. The van der Waals surface area contributed by atoms with Gasteiger partial charge in [-0.1, -0.05) is 27.7 Å². The standard InChI is InChI=1S/C17H26N2O3S/c1-12(2)11-23(21,22)18-15-7-8-16-14(10-15)6-5-9-19(16)17(20)13(3)4/h7-8,10,12-13,18H,5-6,9,11H2,1-4H3. The van der Waals surface area contributed by atoms with Gasteiger partial charge in [0.15, 0.2) is 0 Å². The predicted molar refractivity (Wildman–Crippen MR) is 94.2 cm³/mol. The molecule has 1 aromatic carbocycles. The first-order valence-electron chi connectivity index (χ1n) is 8.14. The summed E-state index contributed by atoms with van der Waals surface area (Å²) in [6, 6.07) is 5.44. The van der Waals surface area contributed by atoms with E-state index in [0.29, 0.717) is 5.69 Å². The summed E-state index contributed by atoms with van der Waals surface area (Å²) in [6.45, 7) is 8.27. The van der Waals surface area contributed by atoms with E-state index in [4.69, 9.17) is 0 Å². The summed E-state index contributed by atoms with van der Waals surface area (Å²) in [5.41, 5.74) is 2.50. The van der Waals surface area contributed by atoms with Crippen molar-refractivity contribution in [3.63, 3.8) is 0 Å². The third-order valence-electron chi connectivity index (χ3n) is 3.78. The van der Waals surface area contributed by atoms with Gasteiger partial charge in [-0.05, 0) is 42.5 Å². The van der Waals surface area contributed by atoms with E-state index in [9.17, 15) is 13.2 Å². The second-order valence-electron chi connectivity index (χ2n) is 6.87. The van der Waals surface area contributed by atoms with E-state index in [2.05, 4.69) is 4.72 Å². The molecule has 1 amide bonds. The number of rotatable bonds is 5. The molecule has 1 N–H and O–H groups in total. The lowest BCUT2D eigenvalue weighted by Crippen LogP contribution is -2.38. The average Bonchev–Trinajstić information content (AvgIpc) is 2.43. The quantitative estimate of drug-likeness (QED) is 0.897. The Bertz CT molecular complexity index is 681. The number of carbonyl (C=O) groups excluding carboxylic acids is 1. The van der Waals surface area contributed by atoms with Gasteiger partial charge in [-0.3, -0.25) is 9.52 Å². The van der Waals surface area contributed by atoms with Crippen LogP contribution in [0.4, 0.5) is 11.4 Å². The molecule has 23 heavy (non-hydrogen) atoms. The lowest BCUT2D eigenvalue weighted by molar-refractivity contribution is -0.121. The minimum absolute atomic E-state index is 0.0508. The summed E-state index contributed by atoms with van der Waals surface area (Å²) >= 11 is 0. The van der Waals surface area contributed by atoms with Crippen molar-refractivity contribution in [1.29, 1.82) is 0 Å². The molecule has 0 atom stereocenters. The number of hydrogen-bond acceptors (Lipinski definition) is 3. The molecule has 1 aliphatic rings. The van der Waals surface area contributed by atoms with E-state index in [1.807, 2.05) is 44.7 Å². The first-order valence-corrected chi connectivity index (χ1v) is 9.79. The van der Waals surface area contributed by atoms with Gasteiger partial charge in [-0.15, -0.1) is 0 Å². The molecule has 0 fully saturated rings. The maximum Gasteiger partial charge on any atom is 0.232 e. The van der Waals surface area contributed by atoms with Crippen LogP contribution in [-0.2, 0) is 21.2 Å². The van der Waals surface area contributed by atoms with Crippen molar-refractivity contribution in [3.05, 3.63) is 23.8 Å². The molecule has 6 heteroatoms. The van der Waals surface area contributed by atoms with Crippen molar-refractivity contribution < 1.29 is 13.2 Å². The minimum atomic E-state index is -3.33. The lowest BCUT2D eigenvalue weighted by Gasteiger charge is -2.31. The number of hydrogen-bond donors (Lipinski definition) is 1. The fourth-order valence-electron chi connectivity index (χ4n) is 2.86. The minimum Gasteiger partial charge on any atom is -0.312 e. The van der Waals surface area contributed by atoms with E-state index in [1.165, 1.54) is 0 Å². The summed E-state index contributed by atoms with van der Waals surface area (Å²) < 4.78 is 26.8. The normalized spacial score (nSPS) is 15.0. The van der Waals surface area contributed by atoms with E-state index in [-0.39, 0.29) is 23.5 Å². The Balaban J connectivity index is 2.24. The summed E-state index contributed by atoms with van der Waals surface area (Å²) in [7, 11) is -3.33. The van der Waals surface area contributed by atoms with E-state index < -0.39 is 10.0 Å². The number of nitrogens with one attached hydrogen (secondary N) is 1. The molecule has 0 aliphatic carbocycles. The van der Waals surface area contributed by atoms with E-state index >= 15 is 0 Å². The van der Waals surface area contributed by atoms with Crippen molar-refractivity contribution >= 4 is 27.3 Å². The molecule has 1 aliphatic heterocycles. The third kappa shape index (κ3) is 4.47. The topological polar surface area (TPSA) is 66.5 Å². The number of anilines is 2. The van der Waals surface area contributed by atoms with Crippen LogP contribution in [0.3, 0.4) is 0 Å². The summed E-state index contributed by atoms with van der Waals surface area (Å²) in [4.78, 5) is 14.1. The third-order valence-corrected chi connectivity index (χ3v) is 5.44. The van der Waals surface area contributed by atoms with Crippen molar-refractivity contribution in [2.24, 2.45) is 11.8 Å². The molecule has 0 unspecified atom stereocenters. The van der Waals surface area contributed by atoms with Crippen molar-refractivity contribution in [3.8, 4) is 0 Å². The maximum atomic E-state index is 12.3. The van der Waals surface area contributed by atoms with Gasteiger partial charge in [-0.2, -0.15) is 0 Å². The van der Waals surface area contributed by atoms with Gasteiger partial charge in [0.05, 0.1) is 5.75 Å². The van der Waals surface area contributed by atoms with Gasteiger partial charge in [0.1, 0.15) is 0 Å². The second kappa shape index (κ2) is 6.91. The Morgan fingerprint density at radius 1 is 1.26 bits per heavy atom. The van der Waals surface area contributed by atoms with Crippen LogP contribution in [0.1, 0.15) is 39.7 Å². The number of carbonyl (C=O) groups is 1. The molecule has 0 aromatic heterocycles. The fourth-order valence-corrected chi connectivity index (χ4v) is 4.31. The van der Waals surface area contributed by atoms with Crippen LogP contribution in [0.2, 0.25) is 0 Å². The molecule has 0 radical (unpaired) electrons. The molecule has 0 saturated carbocycles. The Morgan fingerprint density at radius 2 is 1.96 bits per heavy atom. The molecular weight excluding hydrogens is 312 g/mol. The molecule has 0 saturated heterocycles. The van der Waals surface area contributed by atoms with Crippen LogP contribution in [-0.4, -0.2) is 26.6 Å².